The molecule has 10 heteroatoms. The normalized spacial score (nSPS) is 12.8. The Bertz CT molecular complexity index is 1230. The molecule has 0 fully saturated rings. The fourth-order valence-corrected chi connectivity index (χ4v) is 5.09. The van der Waals surface area contributed by atoms with Crippen LogP contribution in [0.4, 0.5) is 5.69 Å². The van der Waals surface area contributed by atoms with Crippen LogP contribution in [0.1, 0.15) is 59.1 Å². The first-order chi connectivity index (χ1) is 17.5. The monoisotopic (exact) mass is 583 g/mol. The first-order valence-corrected chi connectivity index (χ1v) is 15.2. The molecule has 210 valence electrons. The van der Waals surface area contributed by atoms with E-state index in [9.17, 15) is 18.0 Å². The summed E-state index contributed by atoms with van der Waals surface area (Å²) in [5.41, 5.74) is 1.97. The molecule has 2 rings (SSSR count). The van der Waals surface area contributed by atoms with Gasteiger partial charge >= 0.3 is 0 Å². The molecule has 7 nitrogen and oxygen atoms in total. The number of amides is 2. The Morgan fingerprint density at radius 1 is 1.00 bits per heavy atom. The van der Waals surface area contributed by atoms with E-state index in [4.69, 9.17) is 23.2 Å². The van der Waals surface area contributed by atoms with Crippen molar-refractivity contribution in [1.82, 2.24) is 10.2 Å². The van der Waals surface area contributed by atoms with Gasteiger partial charge in [-0.3, -0.25) is 13.9 Å². The SMILES string of the molecule is CC[C@@H](C(=O)NCC(C)C)N(Cc1ccc(Cl)c(Cl)c1)C(=O)CN(c1ccc(C(C)(C)C)cc1)S(C)(=O)=O. The Labute approximate surface area is 237 Å². The van der Waals surface area contributed by atoms with E-state index in [0.717, 1.165) is 16.1 Å². The molecule has 2 amide bonds. The highest BCUT2D eigenvalue weighted by Crippen LogP contribution is 2.27. The van der Waals surface area contributed by atoms with E-state index in [1.165, 1.54) is 4.90 Å². The number of sulfonamides is 1. The van der Waals surface area contributed by atoms with Crippen molar-refractivity contribution in [2.24, 2.45) is 5.92 Å². The highest BCUT2D eigenvalue weighted by atomic mass is 35.5. The molecule has 0 aromatic heterocycles. The fourth-order valence-electron chi connectivity index (χ4n) is 3.92. The maximum absolute atomic E-state index is 13.8. The van der Waals surface area contributed by atoms with Gasteiger partial charge in [0.05, 0.1) is 22.0 Å². The molecule has 2 aromatic carbocycles. The molecule has 2 aromatic rings. The van der Waals surface area contributed by atoms with Gasteiger partial charge < -0.3 is 10.2 Å². The molecular formula is C28H39Cl2N3O4S. The lowest BCUT2D eigenvalue weighted by molar-refractivity contribution is -0.140. The number of benzene rings is 2. The van der Waals surface area contributed by atoms with E-state index in [-0.39, 0.29) is 23.8 Å². The number of hydrogen-bond donors (Lipinski definition) is 1. The van der Waals surface area contributed by atoms with Crippen molar-refractivity contribution < 1.29 is 18.0 Å². The smallest absolute Gasteiger partial charge is 0.244 e. The largest absolute Gasteiger partial charge is 0.354 e. The Hall–Kier alpha value is -2.29. The number of halogens is 2. The number of nitrogens with zero attached hydrogens (tertiary/aromatic N) is 2. The van der Waals surface area contributed by atoms with Gasteiger partial charge in [-0.2, -0.15) is 0 Å². The van der Waals surface area contributed by atoms with Crippen molar-refractivity contribution in [2.45, 2.75) is 66.0 Å². The van der Waals surface area contributed by atoms with Crippen molar-refractivity contribution in [2.75, 3.05) is 23.7 Å². The molecule has 0 saturated carbocycles. The second-order valence-corrected chi connectivity index (χ2v) is 13.6. The van der Waals surface area contributed by atoms with E-state index in [2.05, 4.69) is 26.1 Å². The van der Waals surface area contributed by atoms with Crippen LogP contribution in [0.2, 0.25) is 10.0 Å². The van der Waals surface area contributed by atoms with E-state index < -0.39 is 28.5 Å². The second-order valence-electron chi connectivity index (χ2n) is 10.9. The van der Waals surface area contributed by atoms with Crippen molar-refractivity contribution >= 4 is 50.7 Å². The van der Waals surface area contributed by atoms with Crippen LogP contribution in [-0.4, -0.2) is 50.5 Å². The molecule has 0 aliphatic carbocycles. The predicted molar refractivity (Wildman–Crippen MR) is 156 cm³/mol. The molecule has 0 heterocycles. The molecule has 0 aliphatic heterocycles. The Balaban J connectivity index is 2.46. The Morgan fingerprint density at radius 3 is 2.08 bits per heavy atom. The highest BCUT2D eigenvalue weighted by Gasteiger charge is 2.32. The van der Waals surface area contributed by atoms with Crippen LogP contribution in [0, 0.1) is 5.92 Å². The molecule has 0 radical (unpaired) electrons. The number of carbonyl (C=O) groups excluding carboxylic acids is 2. The van der Waals surface area contributed by atoms with Crippen molar-refractivity contribution in [3.63, 3.8) is 0 Å². The summed E-state index contributed by atoms with van der Waals surface area (Å²) in [4.78, 5) is 28.3. The minimum Gasteiger partial charge on any atom is -0.354 e. The summed E-state index contributed by atoms with van der Waals surface area (Å²) in [7, 11) is -3.81. The van der Waals surface area contributed by atoms with Gasteiger partial charge in [-0.1, -0.05) is 82.9 Å². The molecule has 0 aliphatic rings. The summed E-state index contributed by atoms with van der Waals surface area (Å²) in [5.74, 6) is -0.574. The number of carbonyl (C=O) groups is 2. The van der Waals surface area contributed by atoms with Gasteiger partial charge in [-0.05, 0) is 53.1 Å². The van der Waals surface area contributed by atoms with Crippen molar-refractivity contribution in [3.8, 4) is 0 Å². The van der Waals surface area contributed by atoms with Gasteiger partial charge in [0.15, 0.2) is 0 Å². The second kappa shape index (κ2) is 13.2. The number of rotatable bonds is 11. The third-order valence-electron chi connectivity index (χ3n) is 6.11. The first-order valence-electron chi connectivity index (χ1n) is 12.6. The molecular weight excluding hydrogens is 545 g/mol. The molecule has 0 unspecified atom stereocenters. The van der Waals surface area contributed by atoms with Crippen LogP contribution in [-0.2, 0) is 31.6 Å². The van der Waals surface area contributed by atoms with E-state index in [1.54, 1.807) is 30.3 Å². The lowest BCUT2D eigenvalue weighted by atomic mass is 9.87. The molecule has 1 N–H and O–H groups in total. The zero-order chi connectivity index (χ0) is 28.8. The van der Waals surface area contributed by atoms with Gasteiger partial charge in [-0.15, -0.1) is 0 Å². The number of nitrogens with one attached hydrogen (secondary N) is 1. The Kier molecular flexibility index (Phi) is 11.1. The molecule has 1 atom stereocenters. The summed E-state index contributed by atoms with van der Waals surface area (Å²) in [5, 5.41) is 3.60. The van der Waals surface area contributed by atoms with Gasteiger partial charge in [-0.25, -0.2) is 8.42 Å². The van der Waals surface area contributed by atoms with Gasteiger partial charge in [0.1, 0.15) is 12.6 Å². The fraction of sp³-hybridized carbons (Fsp3) is 0.500. The van der Waals surface area contributed by atoms with E-state index in [1.807, 2.05) is 32.9 Å². The lowest BCUT2D eigenvalue weighted by Gasteiger charge is -2.33. The van der Waals surface area contributed by atoms with Crippen molar-refractivity contribution in [3.05, 3.63) is 63.6 Å². The Morgan fingerprint density at radius 2 is 1.61 bits per heavy atom. The van der Waals surface area contributed by atoms with Gasteiger partial charge in [0.2, 0.25) is 21.8 Å². The van der Waals surface area contributed by atoms with E-state index >= 15 is 0 Å². The van der Waals surface area contributed by atoms with Crippen LogP contribution in [0.15, 0.2) is 42.5 Å². The van der Waals surface area contributed by atoms with Crippen LogP contribution < -0.4 is 9.62 Å². The van der Waals surface area contributed by atoms with Crippen LogP contribution in [0.25, 0.3) is 0 Å². The maximum atomic E-state index is 13.8. The quantitative estimate of drug-likeness (QED) is 0.371. The van der Waals surface area contributed by atoms with Crippen molar-refractivity contribution in [1.29, 1.82) is 0 Å². The maximum Gasteiger partial charge on any atom is 0.244 e. The van der Waals surface area contributed by atoms with Gasteiger partial charge in [0, 0.05) is 13.1 Å². The summed E-state index contributed by atoms with van der Waals surface area (Å²) < 4.78 is 26.7. The summed E-state index contributed by atoms with van der Waals surface area (Å²) in [6.45, 7) is 12.0. The molecule has 0 bridgehead atoms. The summed E-state index contributed by atoms with van der Waals surface area (Å²) >= 11 is 12.3. The van der Waals surface area contributed by atoms with E-state index in [0.29, 0.717) is 34.3 Å². The zero-order valence-electron chi connectivity index (χ0n) is 23.2. The van der Waals surface area contributed by atoms with Crippen LogP contribution in [0.5, 0.6) is 0 Å². The molecule has 0 spiro atoms. The third-order valence-corrected chi connectivity index (χ3v) is 7.99. The standard InChI is InChI=1S/C28H39Cl2N3O4S/c1-8-25(27(35)31-16-19(2)3)32(17-20-9-14-23(29)24(30)15-20)26(34)18-33(38(7,36)37)22-12-10-21(11-13-22)28(4,5)6/h9-15,19,25H,8,16-18H2,1-7H3,(H,31,35)/t25-/m0/s1. The topological polar surface area (TPSA) is 86.8 Å². The van der Waals surface area contributed by atoms with Crippen LogP contribution >= 0.6 is 23.2 Å². The van der Waals surface area contributed by atoms with Crippen LogP contribution in [0.3, 0.4) is 0 Å². The minimum absolute atomic E-state index is 0.0594. The van der Waals surface area contributed by atoms with Gasteiger partial charge in [0.25, 0.3) is 0 Å². The zero-order valence-corrected chi connectivity index (χ0v) is 25.5. The molecule has 0 saturated heterocycles. The minimum atomic E-state index is -3.81. The number of hydrogen-bond acceptors (Lipinski definition) is 4. The lowest BCUT2D eigenvalue weighted by Crippen LogP contribution is -2.52. The average molecular weight is 585 g/mol. The third kappa shape index (κ3) is 8.89. The molecule has 38 heavy (non-hydrogen) atoms. The predicted octanol–water partition coefficient (Wildman–Crippen LogP) is 5.64. The first kappa shape index (κ1) is 31.9. The highest BCUT2D eigenvalue weighted by molar-refractivity contribution is 7.92. The average Bonchev–Trinajstić information content (AvgIpc) is 2.82. The number of anilines is 1. The summed E-state index contributed by atoms with van der Waals surface area (Å²) in [6.07, 6.45) is 1.41. The summed E-state index contributed by atoms with van der Waals surface area (Å²) in [6, 6.07) is 11.3.